The number of hydrogen-bond donors (Lipinski definition) is 0. The fourth-order valence-corrected chi connectivity index (χ4v) is 9.58. The molecule has 2 aromatic heterocycles. The van der Waals surface area contributed by atoms with Crippen molar-refractivity contribution in [3.05, 3.63) is 206 Å². The van der Waals surface area contributed by atoms with Crippen LogP contribution < -0.4 is 4.90 Å². The van der Waals surface area contributed by atoms with Gasteiger partial charge in [-0.15, -0.1) is 11.3 Å². The van der Waals surface area contributed by atoms with E-state index in [1.54, 1.807) is 0 Å². The Hall–Kier alpha value is -6.94. The van der Waals surface area contributed by atoms with Gasteiger partial charge in [-0.2, -0.15) is 0 Å². The fourth-order valence-electron chi connectivity index (χ4n) is 8.49. The predicted molar refractivity (Wildman–Crippen MR) is 237 cm³/mol. The van der Waals surface area contributed by atoms with E-state index in [1.807, 2.05) is 11.3 Å². The minimum Gasteiger partial charge on any atom is -0.310 e. The zero-order valence-corrected chi connectivity index (χ0v) is 30.7. The number of benzene rings is 9. The highest BCUT2D eigenvalue weighted by Crippen LogP contribution is 2.45. The minimum atomic E-state index is 1.11. The molecule has 0 atom stereocenters. The molecule has 258 valence electrons. The molecular formula is C52H34N2S. The Morgan fingerprint density at radius 2 is 0.927 bits per heavy atom. The molecule has 0 unspecified atom stereocenters. The summed E-state index contributed by atoms with van der Waals surface area (Å²) in [5.41, 5.74) is 11.7. The van der Waals surface area contributed by atoms with Crippen molar-refractivity contribution in [2.24, 2.45) is 0 Å². The van der Waals surface area contributed by atoms with Gasteiger partial charge in [-0.3, -0.25) is 0 Å². The van der Waals surface area contributed by atoms with Gasteiger partial charge in [0.05, 0.1) is 11.0 Å². The Bertz CT molecular complexity index is 3210. The molecular weight excluding hydrogens is 685 g/mol. The molecule has 0 saturated heterocycles. The number of para-hydroxylation sites is 2. The monoisotopic (exact) mass is 718 g/mol. The molecule has 11 rings (SSSR count). The highest BCUT2D eigenvalue weighted by molar-refractivity contribution is 7.25. The summed E-state index contributed by atoms with van der Waals surface area (Å²) in [6, 6.07) is 75.2. The standard InChI is InChI=1S/C52H34N2S/c1-3-15-35(16-4-1)36-17-13-21-39(31-36)53(41-29-30-51-47(33-41)43-24-10-12-28-50(43)55-51)40-22-14-18-37(32-40)46-34-49-52(44-25-8-7-23-42(44)46)45-26-9-11-27-48(45)54(49)38-19-5-2-6-20-38/h1-34H. The topological polar surface area (TPSA) is 8.17 Å². The smallest absolute Gasteiger partial charge is 0.0553 e. The third kappa shape index (κ3) is 5.24. The molecule has 2 nitrogen and oxygen atoms in total. The maximum atomic E-state index is 2.42. The average molecular weight is 719 g/mol. The molecule has 0 bridgehead atoms. The van der Waals surface area contributed by atoms with Gasteiger partial charge in [-0.1, -0.05) is 133 Å². The molecule has 55 heavy (non-hydrogen) atoms. The van der Waals surface area contributed by atoms with E-state index in [0.29, 0.717) is 0 Å². The molecule has 0 aliphatic rings. The first-order valence-corrected chi connectivity index (χ1v) is 19.6. The van der Waals surface area contributed by atoms with Crippen LogP contribution >= 0.6 is 11.3 Å². The first-order chi connectivity index (χ1) is 27.3. The summed E-state index contributed by atoms with van der Waals surface area (Å²) >= 11 is 1.86. The van der Waals surface area contributed by atoms with Gasteiger partial charge in [0.25, 0.3) is 0 Å². The number of nitrogens with zero attached hydrogens (tertiary/aromatic N) is 2. The Morgan fingerprint density at radius 3 is 1.73 bits per heavy atom. The number of rotatable bonds is 6. The van der Waals surface area contributed by atoms with Crippen LogP contribution in [0.1, 0.15) is 0 Å². The van der Waals surface area contributed by atoms with Crippen molar-refractivity contribution >= 4 is 81.1 Å². The molecule has 0 spiro atoms. The van der Waals surface area contributed by atoms with E-state index >= 15 is 0 Å². The number of thiophene rings is 1. The van der Waals surface area contributed by atoms with E-state index < -0.39 is 0 Å². The third-order valence-corrected chi connectivity index (χ3v) is 12.1. The second kappa shape index (κ2) is 12.9. The predicted octanol–water partition coefficient (Wildman–Crippen LogP) is 15.1. The highest BCUT2D eigenvalue weighted by Gasteiger charge is 2.20. The summed E-state index contributed by atoms with van der Waals surface area (Å²) in [6.45, 7) is 0. The average Bonchev–Trinajstić information content (AvgIpc) is 3.80. The van der Waals surface area contributed by atoms with Crippen molar-refractivity contribution in [2.45, 2.75) is 0 Å². The van der Waals surface area contributed by atoms with Crippen LogP contribution in [-0.2, 0) is 0 Å². The van der Waals surface area contributed by atoms with Gasteiger partial charge in [-0.05, 0) is 106 Å². The SMILES string of the molecule is c1ccc(-c2cccc(N(c3cccc(-c4cc5c(c6ccccc46)c4ccccc4n5-c4ccccc4)c3)c3ccc4sc5ccccc5c4c3)c2)cc1. The molecule has 11 aromatic rings. The zero-order valence-electron chi connectivity index (χ0n) is 29.9. The van der Waals surface area contributed by atoms with Crippen LogP contribution in [0.25, 0.3) is 80.7 Å². The van der Waals surface area contributed by atoms with Crippen LogP contribution in [0.2, 0.25) is 0 Å². The summed E-state index contributed by atoms with van der Waals surface area (Å²) in [4.78, 5) is 2.42. The van der Waals surface area contributed by atoms with E-state index in [4.69, 9.17) is 0 Å². The van der Waals surface area contributed by atoms with Crippen LogP contribution in [0, 0.1) is 0 Å². The van der Waals surface area contributed by atoms with Crippen molar-refractivity contribution < 1.29 is 0 Å². The lowest BCUT2D eigenvalue weighted by atomic mass is 9.94. The molecule has 0 radical (unpaired) electrons. The number of anilines is 3. The molecule has 0 N–H and O–H groups in total. The molecule has 0 saturated carbocycles. The summed E-state index contributed by atoms with van der Waals surface area (Å²) in [7, 11) is 0. The van der Waals surface area contributed by atoms with Gasteiger partial charge in [-0.25, -0.2) is 0 Å². The zero-order chi connectivity index (χ0) is 36.3. The summed E-state index contributed by atoms with van der Waals surface area (Å²) in [6.07, 6.45) is 0. The Labute approximate surface area is 323 Å². The van der Waals surface area contributed by atoms with Crippen molar-refractivity contribution in [1.29, 1.82) is 0 Å². The van der Waals surface area contributed by atoms with E-state index in [1.165, 1.54) is 75.0 Å². The second-order valence-corrected chi connectivity index (χ2v) is 15.2. The van der Waals surface area contributed by atoms with Crippen LogP contribution in [0.4, 0.5) is 17.1 Å². The summed E-state index contributed by atoms with van der Waals surface area (Å²) in [5.74, 6) is 0. The van der Waals surface area contributed by atoms with E-state index in [0.717, 1.165) is 22.7 Å². The lowest BCUT2D eigenvalue weighted by Gasteiger charge is -2.27. The molecule has 0 aliphatic heterocycles. The molecule has 0 amide bonds. The summed E-state index contributed by atoms with van der Waals surface area (Å²) < 4.78 is 5.03. The van der Waals surface area contributed by atoms with Crippen molar-refractivity contribution in [3.63, 3.8) is 0 Å². The van der Waals surface area contributed by atoms with Gasteiger partial charge in [0.15, 0.2) is 0 Å². The Morgan fingerprint density at radius 1 is 0.345 bits per heavy atom. The quantitative estimate of drug-likeness (QED) is 0.166. The van der Waals surface area contributed by atoms with Gasteiger partial charge >= 0.3 is 0 Å². The van der Waals surface area contributed by atoms with E-state index in [9.17, 15) is 0 Å². The molecule has 3 heteroatoms. The minimum absolute atomic E-state index is 1.11. The fraction of sp³-hybridized carbons (Fsp3) is 0. The van der Waals surface area contributed by atoms with Gasteiger partial charge < -0.3 is 9.47 Å². The summed E-state index contributed by atoms with van der Waals surface area (Å²) in [5, 5.41) is 7.62. The maximum absolute atomic E-state index is 2.42. The normalized spacial score (nSPS) is 11.6. The Kier molecular flexibility index (Phi) is 7.39. The largest absolute Gasteiger partial charge is 0.310 e. The van der Waals surface area contributed by atoms with Gasteiger partial charge in [0.2, 0.25) is 0 Å². The van der Waals surface area contributed by atoms with Crippen molar-refractivity contribution in [1.82, 2.24) is 4.57 Å². The van der Waals surface area contributed by atoms with Crippen LogP contribution in [0.3, 0.4) is 0 Å². The molecule has 9 aromatic carbocycles. The first-order valence-electron chi connectivity index (χ1n) is 18.8. The first kappa shape index (κ1) is 31.6. The van der Waals surface area contributed by atoms with E-state index in [-0.39, 0.29) is 0 Å². The highest BCUT2D eigenvalue weighted by atomic mass is 32.1. The van der Waals surface area contributed by atoms with E-state index in [2.05, 4.69) is 216 Å². The second-order valence-electron chi connectivity index (χ2n) is 14.1. The van der Waals surface area contributed by atoms with Crippen LogP contribution in [-0.4, -0.2) is 4.57 Å². The third-order valence-electron chi connectivity index (χ3n) is 10.9. The van der Waals surface area contributed by atoms with Crippen LogP contribution in [0.5, 0.6) is 0 Å². The van der Waals surface area contributed by atoms with Gasteiger partial charge in [0.1, 0.15) is 0 Å². The van der Waals surface area contributed by atoms with Crippen molar-refractivity contribution in [3.8, 4) is 27.9 Å². The number of fused-ring (bicyclic) bond motifs is 8. The molecule has 2 heterocycles. The van der Waals surface area contributed by atoms with Crippen molar-refractivity contribution in [2.75, 3.05) is 4.90 Å². The number of aromatic nitrogens is 1. The maximum Gasteiger partial charge on any atom is 0.0553 e. The van der Waals surface area contributed by atoms with Gasteiger partial charge in [0, 0.05) is 53.7 Å². The lowest BCUT2D eigenvalue weighted by Crippen LogP contribution is -2.10. The Balaban J connectivity index is 1.15. The molecule has 0 aliphatic carbocycles. The molecule has 0 fully saturated rings. The lowest BCUT2D eigenvalue weighted by molar-refractivity contribution is 1.18. The number of hydrogen-bond acceptors (Lipinski definition) is 2. The van der Waals surface area contributed by atoms with Crippen LogP contribution in [0.15, 0.2) is 206 Å².